The summed E-state index contributed by atoms with van der Waals surface area (Å²) in [6.45, 7) is 1.32. The van der Waals surface area contributed by atoms with Gasteiger partial charge in [-0.2, -0.15) is 0 Å². The molecule has 2 atom stereocenters. The highest BCUT2D eigenvalue weighted by atomic mass is 16.5. The minimum Gasteiger partial charge on any atom is -0.380 e. The Balaban J connectivity index is 1.12. The van der Waals surface area contributed by atoms with Crippen LogP contribution in [0.15, 0.2) is 82.1 Å². The number of H-pyrrole nitrogens is 1. The number of aromatic amines is 1. The average Bonchev–Trinajstić information content (AvgIpc) is 3.63. The number of nitrogens with zero attached hydrogens (tertiary/aromatic N) is 3. The number of benzene rings is 3. The van der Waals surface area contributed by atoms with E-state index < -0.39 is 29.8 Å². The van der Waals surface area contributed by atoms with E-state index in [1.165, 1.54) is 4.90 Å². The lowest BCUT2D eigenvalue weighted by Crippen LogP contribution is -2.55. The van der Waals surface area contributed by atoms with E-state index in [0.717, 1.165) is 11.1 Å². The maximum atomic E-state index is 13.3. The lowest BCUT2D eigenvalue weighted by Gasteiger charge is -2.34. The number of morpholine rings is 1. The van der Waals surface area contributed by atoms with Crippen LogP contribution in [0.1, 0.15) is 21.5 Å². The maximum Gasteiger partial charge on any atom is 0.439 e. The predicted molar refractivity (Wildman–Crippen MR) is 146 cm³/mol. The lowest BCUT2D eigenvalue weighted by atomic mass is 10.1. The first kappa shape index (κ1) is 26.2. The van der Waals surface area contributed by atoms with Crippen LogP contribution >= 0.6 is 0 Å². The fraction of sp³-hybridized carbons (Fsp3) is 0.207. The monoisotopic (exact) mass is 555 g/mol. The Morgan fingerprint density at radius 2 is 1.73 bits per heavy atom. The van der Waals surface area contributed by atoms with Crippen molar-refractivity contribution in [3.63, 3.8) is 0 Å². The summed E-state index contributed by atoms with van der Waals surface area (Å²) in [6, 6.07) is 20.9. The molecule has 41 heavy (non-hydrogen) atoms. The summed E-state index contributed by atoms with van der Waals surface area (Å²) < 4.78 is 9.99. The highest BCUT2D eigenvalue weighted by Gasteiger charge is 2.39. The Morgan fingerprint density at radius 3 is 2.41 bits per heavy atom. The molecule has 0 unspecified atom stereocenters. The number of amides is 3. The molecule has 0 bridgehead atoms. The summed E-state index contributed by atoms with van der Waals surface area (Å²) in [5, 5.41) is 16.9. The van der Waals surface area contributed by atoms with Crippen LogP contribution in [0.2, 0.25) is 0 Å². The van der Waals surface area contributed by atoms with Crippen molar-refractivity contribution in [2.24, 2.45) is 0 Å². The summed E-state index contributed by atoms with van der Waals surface area (Å²) >= 11 is 0. The molecule has 3 heterocycles. The van der Waals surface area contributed by atoms with E-state index in [-0.39, 0.29) is 24.9 Å². The van der Waals surface area contributed by atoms with Crippen LogP contribution in [0.4, 0.5) is 11.4 Å². The van der Waals surface area contributed by atoms with Gasteiger partial charge in [0.25, 0.3) is 17.7 Å². The summed E-state index contributed by atoms with van der Waals surface area (Å²) in [5.41, 5.74) is 4.02. The van der Waals surface area contributed by atoms with Crippen molar-refractivity contribution in [3.05, 3.63) is 100 Å². The quantitative estimate of drug-likeness (QED) is 0.326. The summed E-state index contributed by atoms with van der Waals surface area (Å²) in [4.78, 5) is 56.1. The molecule has 2 aliphatic heterocycles. The van der Waals surface area contributed by atoms with Gasteiger partial charge in [-0.1, -0.05) is 35.5 Å². The standard InChI is InChI=1S/C29H25N5O7/c35-23(26(36)30-21-10-8-17(9-11-21)25-31-29(39)41-32-25)24-28(38)34(12-13-40-24)22-7-3-6-18(14-22)27(37)33-15-19-4-1-2-5-20(19)16-33/h1-11,14,23-24,35H,12-13,15-16H2,(H,30,36)(H,31,32,39)/t23-,24-/m1/s1. The number of carbonyl (C=O) groups excluding carboxylic acids is 3. The van der Waals surface area contributed by atoms with Gasteiger partial charge in [0, 0.05) is 42.1 Å². The van der Waals surface area contributed by atoms with Gasteiger partial charge in [0.15, 0.2) is 18.0 Å². The van der Waals surface area contributed by atoms with E-state index >= 15 is 0 Å². The molecular weight excluding hydrogens is 530 g/mol. The average molecular weight is 556 g/mol. The third-order valence-corrected chi connectivity index (χ3v) is 7.08. The molecule has 1 fully saturated rings. The predicted octanol–water partition coefficient (Wildman–Crippen LogP) is 1.92. The van der Waals surface area contributed by atoms with Crippen molar-refractivity contribution in [2.45, 2.75) is 25.3 Å². The Kier molecular flexibility index (Phi) is 6.91. The van der Waals surface area contributed by atoms with Crippen LogP contribution in [0.5, 0.6) is 0 Å². The van der Waals surface area contributed by atoms with Gasteiger partial charge in [-0.15, -0.1) is 0 Å². The molecular formula is C29H25N5O7. The number of aliphatic hydroxyl groups excluding tert-OH is 1. The Labute approximate surface area is 233 Å². The summed E-state index contributed by atoms with van der Waals surface area (Å²) in [7, 11) is 0. The van der Waals surface area contributed by atoms with Crippen LogP contribution in [-0.4, -0.2) is 63.2 Å². The number of hydrogen-bond donors (Lipinski definition) is 3. The van der Waals surface area contributed by atoms with Crippen molar-refractivity contribution < 1.29 is 28.8 Å². The first-order valence-corrected chi connectivity index (χ1v) is 12.9. The van der Waals surface area contributed by atoms with Crippen molar-refractivity contribution in [1.82, 2.24) is 15.0 Å². The zero-order valence-electron chi connectivity index (χ0n) is 21.6. The molecule has 0 spiro atoms. The van der Waals surface area contributed by atoms with Gasteiger partial charge in [-0.3, -0.25) is 23.9 Å². The van der Waals surface area contributed by atoms with Crippen molar-refractivity contribution in [1.29, 1.82) is 0 Å². The normalized spacial score (nSPS) is 17.3. The van der Waals surface area contributed by atoms with Gasteiger partial charge in [-0.25, -0.2) is 4.79 Å². The largest absolute Gasteiger partial charge is 0.439 e. The van der Waals surface area contributed by atoms with E-state index in [2.05, 4.69) is 20.0 Å². The molecule has 2 aliphatic rings. The Bertz CT molecular complexity index is 1650. The fourth-order valence-corrected chi connectivity index (χ4v) is 4.97. The highest BCUT2D eigenvalue weighted by molar-refractivity contribution is 6.04. The van der Waals surface area contributed by atoms with Gasteiger partial charge >= 0.3 is 5.76 Å². The second-order valence-electron chi connectivity index (χ2n) is 9.72. The maximum absolute atomic E-state index is 13.3. The number of anilines is 2. The van der Waals surface area contributed by atoms with Crippen molar-refractivity contribution >= 4 is 29.1 Å². The number of carbonyl (C=O) groups is 3. The van der Waals surface area contributed by atoms with Crippen molar-refractivity contribution in [3.8, 4) is 11.4 Å². The van der Waals surface area contributed by atoms with Gasteiger partial charge in [0.2, 0.25) is 0 Å². The highest BCUT2D eigenvalue weighted by Crippen LogP contribution is 2.27. The van der Waals surface area contributed by atoms with E-state index in [0.29, 0.717) is 35.6 Å². The molecule has 12 nitrogen and oxygen atoms in total. The second-order valence-corrected chi connectivity index (χ2v) is 9.72. The van der Waals surface area contributed by atoms with E-state index in [4.69, 9.17) is 4.74 Å². The van der Waals surface area contributed by atoms with Gasteiger partial charge < -0.3 is 25.0 Å². The number of aliphatic hydroxyl groups is 1. The Hall–Kier alpha value is -5.07. The van der Waals surface area contributed by atoms with Crippen LogP contribution in [-0.2, 0) is 27.4 Å². The van der Waals surface area contributed by atoms with E-state index in [9.17, 15) is 24.3 Å². The van der Waals surface area contributed by atoms with Crippen LogP contribution in [0.25, 0.3) is 11.4 Å². The summed E-state index contributed by atoms with van der Waals surface area (Å²) in [5.74, 6) is -2.04. The summed E-state index contributed by atoms with van der Waals surface area (Å²) in [6.07, 6.45) is -3.22. The number of rotatable bonds is 6. The molecule has 4 aromatic rings. The minimum absolute atomic E-state index is 0.0882. The van der Waals surface area contributed by atoms with Gasteiger partial charge in [0.1, 0.15) is 0 Å². The fourth-order valence-electron chi connectivity index (χ4n) is 4.97. The molecule has 208 valence electrons. The van der Waals surface area contributed by atoms with Gasteiger partial charge in [-0.05, 0) is 53.6 Å². The van der Waals surface area contributed by atoms with Crippen LogP contribution in [0, 0.1) is 0 Å². The smallest absolute Gasteiger partial charge is 0.380 e. The number of fused-ring (bicyclic) bond motifs is 1. The zero-order chi connectivity index (χ0) is 28.5. The first-order valence-electron chi connectivity index (χ1n) is 12.9. The molecule has 0 saturated carbocycles. The van der Waals surface area contributed by atoms with E-state index in [1.54, 1.807) is 53.4 Å². The van der Waals surface area contributed by atoms with Gasteiger partial charge in [0.05, 0.1) is 6.61 Å². The Morgan fingerprint density at radius 1 is 1.00 bits per heavy atom. The SMILES string of the molecule is O=C(Nc1ccc(-c2noc(=O)[nH]2)cc1)[C@H](O)[C@H]1OCCN(c2cccc(C(=O)N3Cc4ccccc4C3)c2)C1=O. The molecule has 6 rings (SSSR count). The number of hydrogen-bond acceptors (Lipinski definition) is 8. The lowest BCUT2D eigenvalue weighted by molar-refractivity contribution is -0.150. The van der Waals surface area contributed by atoms with Crippen molar-refractivity contribution in [2.75, 3.05) is 23.4 Å². The molecule has 3 amide bonds. The topological polar surface area (TPSA) is 158 Å². The van der Waals surface area contributed by atoms with E-state index in [1.807, 2.05) is 24.3 Å². The number of ether oxygens (including phenoxy) is 1. The number of aromatic nitrogens is 2. The third-order valence-electron chi connectivity index (χ3n) is 7.08. The molecule has 3 N–H and O–H groups in total. The number of nitrogens with one attached hydrogen (secondary N) is 2. The molecule has 0 radical (unpaired) electrons. The first-order chi connectivity index (χ1) is 19.9. The zero-order valence-corrected chi connectivity index (χ0v) is 21.6. The van der Waals surface area contributed by atoms with Crippen LogP contribution < -0.4 is 16.0 Å². The second kappa shape index (κ2) is 10.8. The molecule has 3 aromatic carbocycles. The third kappa shape index (κ3) is 5.25. The molecule has 12 heteroatoms. The molecule has 0 aliphatic carbocycles. The molecule has 1 aromatic heterocycles. The minimum atomic E-state index is -1.79. The molecule has 1 saturated heterocycles. The van der Waals surface area contributed by atoms with Crippen LogP contribution in [0.3, 0.4) is 0 Å².